The highest BCUT2D eigenvalue weighted by atomic mass is 16.4. The first kappa shape index (κ1) is 20.6. The fourth-order valence-electron chi connectivity index (χ4n) is 3.68. The number of aromatic nitrogens is 3. The molecule has 0 aliphatic carbocycles. The highest BCUT2D eigenvalue weighted by Gasteiger charge is 2.27. The van der Waals surface area contributed by atoms with Gasteiger partial charge in [-0.05, 0) is 17.7 Å². The van der Waals surface area contributed by atoms with Crippen LogP contribution in [0.1, 0.15) is 16.7 Å². The van der Waals surface area contributed by atoms with E-state index in [0.717, 1.165) is 28.1 Å². The Morgan fingerprint density at radius 1 is 0.970 bits per heavy atom. The van der Waals surface area contributed by atoms with Crippen molar-refractivity contribution >= 4 is 23.2 Å². The van der Waals surface area contributed by atoms with Gasteiger partial charge in [-0.2, -0.15) is 0 Å². The number of Topliss-reactive ketones (excluding diaryl/α,β-unsaturated/α-hetero) is 1. The van der Waals surface area contributed by atoms with E-state index in [4.69, 9.17) is 9.41 Å². The second-order valence-electron chi connectivity index (χ2n) is 7.90. The number of fused-ring (bicyclic) bond motifs is 1. The van der Waals surface area contributed by atoms with Gasteiger partial charge in [0.2, 0.25) is 0 Å². The molecule has 3 heterocycles. The van der Waals surface area contributed by atoms with Crippen molar-refractivity contribution in [1.82, 2.24) is 15.2 Å². The van der Waals surface area contributed by atoms with Gasteiger partial charge >= 0.3 is 6.01 Å². The van der Waals surface area contributed by atoms with Gasteiger partial charge in [-0.25, -0.2) is 4.98 Å². The Balaban J connectivity index is 1.45. The first-order valence-corrected chi connectivity index (χ1v) is 10.6. The van der Waals surface area contributed by atoms with Gasteiger partial charge in [-0.3, -0.25) is 9.79 Å². The average Bonchev–Trinajstić information content (AvgIpc) is 3.26. The molecule has 1 N–H and O–H groups in total. The van der Waals surface area contributed by atoms with Crippen LogP contribution in [-0.2, 0) is 11.2 Å². The number of carbonyl (C=O) groups excluding carboxylic acids is 1. The van der Waals surface area contributed by atoms with Crippen molar-refractivity contribution in [2.24, 2.45) is 4.99 Å². The monoisotopic (exact) mass is 438 g/mol. The van der Waals surface area contributed by atoms with E-state index < -0.39 is 6.17 Å². The molecule has 0 amide bonds. The minimum Gasteiger partial charge on any atom is -0.402 e. The summed E-state index contributed by atoms with van der Waals surface area (Å²) in [5, 5.41) is 11.1. The molecule has 164 valence electrons. The molecule has 0 spiro atoms. The zero-order chi connectivity index (χ0) is 22.8. The lowest BCUT2D eigenvalue weighted by Gasteiger charge is -2.12. The maximum Gasteiger partial charge on any atom is 0.317 e. The molecule has 0 saturated heterocycles. The molecule has 0 radical (unpaired) electrons. The summed E-state index contributed by atoms with van der Waals surface area (Å²) >= 11 is 0. The van der Waals surface area contributed by atoms with Crippen molar-refractivity contribution < 1.29 is 9.21 Å². The highest BCUT2D eigenvalue weighted by molar-refractivity contribution is 6.16. The van der Waals surface area contributed by atoms with Crippen LogP contribution in [0.4, 0.5) is 11.7 Å². The molecule has 33 heavy (non-hydrogen) atoms. The Labute approximate surface area is 191 Å². The predicted molar refractivity (Wildman–Crippen MR) is 127 cm³/mol. The quantitative estimate of drug-likeness (QED) is 0.509. The SMILES string of the molecule is CN(C)c1ccc(-c2nnc(NC3N=C(c4ccccc4)c4ccccc4CC3=O)o2)nc1. The van der Waals surface area contributed by atoms with Gasteiger partial charge in [0.05, 0.1) is 17.6 Å². The molecular formula is C25H22N6O2. The van der Waals surface area contributed by atoms with Crippen LogP contribution in [0.2, 0.25) is 0 Å². The number of anilines is 2. The van der Waals surface area contributed by atoms with Gasteiger partial charge in [-0.15, -0.1) is 5.10 Å². The van der Waals surface area contributed by atoms with Gasteiger partial charge in [0.1, 0.15) is 5.69 Å². The number of aliphatic imine (C=N–C) groups is 1. The molecule has 2 aromatic carbocycles. The molecule has 0 fully saturated rings. The minimum absolute atomic E-state index is 0.0819. The van der Waals surface area contributed by atoms with Crippen LogP contribution in [0.5, 0.6) is 0 Å². The summed E-state index contributed by atoms with van der Waals surface area (Å²) < 4.78 is 5.75. The van der Waals surface area contributed by atoms with E-state index in [1.54, 1.807) is 6.20 Å². The number of rotatable bonds is 5. The van der Waals surface area contributed by atoms with Gasteiger partial charge in [0, 0.05) is 31.6 Å². The molecule has 0 saturated carbocycles. The van der Waals surface area contributed by atoms with Crippen LogP contribution in [0, 0.1) is 0 Å². The van der Waals surface area contributed by atoms with E-state index in [9.17, 15) is 4.79 Å². The summed E-state index contributed by atoms with van der Waals surface area (Å²) in [6, 6.07) is 21.5. The largest absolute Gasteiger partial charge is 0.402 e. The van der Waals surface area contributed by atoms with Crippen LogP contribution in [-0.4, -0.2) is 46.9 Å². The maximum atomic E-state index is 13.1. The molecule has 1 atom stereocenters. The third kappa shape index (κ3) is 4.23. The molecule has 1 aliphatic rings. The zero-order valence-corrected chi connectivity index (χ0v) is 18.3. The maximum absolute atomic E-state index is 13.1. The first-order valence-electron chi connectivity index (χ1n) is 10.6. The number of carbonyl (C=O) groups is 1. The number of ketones is 1. The Morgan fingerprint density at radius 3 is 2.52 bits per heavy atom. The summed E-state index contributed by atoms with van der Waals surface area (Å²) in [7, 11) is 3.88. The normalized spacial score (nSPS) is 15.4. The standard InChI is InChI=1S/C25H22N6O2/c1-31(2)18-12-13-20(26-15-18)24-29-30-25(33-24)28-23-21(32)14-17-10-6-7-11-19(17)22(27-23)16-8-4-3-5-9-16/h3-13,15,23H,14H2,1-2H3,(H,28,30). The topological polar surface area (TPSA) is 96.5 Å². The number of hydrogen-bond donors (Lipinski definition) is 1. The summed E-state index contributed by atoms with van der Waals surface area (Å²) in [6.45, 7) is 0. The van der Waals surface area contributed by atoms with E-state index in [2.05, 4.69) is 20.5 Å². The summed E-state index contributed by atoms with van der Waals surface area (Å²) in [5.74, 6) is 0.181. The molecule has 8 nitrogen and oxygen atoms in total. The minimum atomic E-state index is -0.856. The Hall–Kier alpha value is -4.33. The van der Waals surface area contributed by atoms with Crippen molar-refractivity contribution in [3.8, 4) is 11.6 Å². The number of benzene rings is 2. The molecule has 5 rings (SSSR count). The van der Waals surface area contributed by atoms with Crippen molar-refractivity contribution in [3.05, 3.63) is 89.6 Å². The van der Waals surface area contributed by atoms with E-state index in [0.29, 0.717) is 5.69 Å². The van der Waals surface area contributed by atoms with Gasteiger partial charge in [0.15, 0.2) is 11.9 Å². The number of nitrogens with one attached hydrogen (secondary N) is 1. The molecular weight excluding hydrogens is 416 g/mol. The molecule has 1 aliphatic heterocycles. The molecule has 2 aromatic heterocycles. The van der Waals surface area contributed by atoms with Crippen molar-refractivity contribution in [1.29, 1.82) is 0 Å². The van der Waals surface area contributed by atoms with Gasteiger partial charge in [0.25, 0.3) is 5.89 Å². The lowest BCUT2D eigenvalue weighted by Crippen LogP contribution is -2.29. The first-order chi connectivity index (χ1) is 16.1. The van der Waals surface area contributed by atoms with E-state index in [1.165, 1.54) is 0 Å². The van der Waals surface area contributed by atoms with Crippen molar-refractivity contribution in [3.63, 3.8) is 0 Å². The third-order valence-corrected chi connectivity index (χ3v) is 5.42. The third-order valence-electron chi connectivity index (χ3n) is 5.42. The molecule has 8 heteroatoms. The second kappa shape index (κ2) is 8.66. The Kier molecular flexibility index (Phi) is 5.40. The van der Waals surface area contributed by atoms with Crippen molar-refractivity contribution in [2.75, 3.05) is 24.3 Å². The van der Waals surface area contributed by atoms with Crippen LogP contribution in [0.3, 0.4) is 0 Å². The lowest BCUT2D eigenvalue weighted by atomic mass is 9.96. The zero-order valence-electron chi connectivity index (χ0n) is 18.3. The fourth-order valence-corrected chi connectivity index (χ4v) is 3.68. The van der Waals surface area contributed by atoms with Crippen LogP contribution in [0.25, 0.3) is 11.6 Å². The van der Waals surface area contributed by atoms with E-state index >= 15 is 0 Å². The van der Waals surface area contributed by atoms with Crippen LogP contribution in [0.15, 0.2) is 82.3 Å². The number of hydrogen-bond acceptors (Lipinski definition) is 8. The van der Waals surface area contributed by atoms with Crippen LogP contribution < -0.4 is 10.2 Å². The predicted octanol–water partition coefficient (Wildman–Crippen LogP) is 3.60. The van der Waals surface area contributed by atoms with Gasteiger partial charge < -0.3 is 14.6 Å². The van der Waals surface area contributed by atoms with E-state index in [-0.39, 0.29) is 24.1 Å². The Morgan fingerprint density at radius 2 is 1.76 bits per heavy atom. The summed E-state index contributed by atoms with van der Waals surface area (Å²) in [4.78, 5) is 24.2. The average molecular weight is 438 g/mol. The fraction of sp³-hybridized carbons (Fsp3) is 0.160. The van der Waals surface area contributed by atoms with E-state index in [1.807, 2.05) is 85.7 Å². The van der Waals surface area contributed by atoms with Crippen molar-refractivity contribution in [2.45, 2.75) is 12.6 Å². The molecule has 1 unspecified atom stereocenters. The lowest BCUT2D eigenvalue weighted by molar-refractivity contribution is -0.119. The molecule has 4 aromatic rings. The Bertz CT molecular complexity index is 1310. The summed E-state index contributed by atoms with van der Waals surface area (Å²) in [6.07, 6.45) is 1.13. The number of pyridine rings is 1. The highest BCUT2D eigenvalue weighted by Crippen LogP contribution is 2.24. The van der Waals surface area contributed by atoms with Crippen LogP contribution >= 0.6 is 0 Å². The van der Waals surface area contributed by atoms with Gasteiger partial charge in [-0.1, -0.05) is 59.7 Å². The number of nitrogens with zero attached hydrogens (tertiary/aromatic N) is 5. The summed E-state index contributed by atoms with van der Waals surface area (Å²) in [5.41, 5.74) is 5.07. The second-order valence-corrected chi connectivity index (χ2v) is 7.90. The smallest absolute Gasteiger partial charge is 0.317 e. The molecule has 0 bridgehead atoms.